The van der Waals surface area contributed by atoms with Gasteiger partial charge >= 0.3 is 5.69 Å². The maximum absolute atomic E-state index is 13.2. The highest BCUT2D eigenvalue weighted by Crippen LogP contribution is 2.33. The number of fused-ring (bicyclic) bond motifs is 2. The fraction of sp³-hybridized carbons (Fsp3) is 0.480. The number of aliphatic hydroxyl groups is 1. The van der Waals surface area contributed by atoms with E-state index in [1.165, 1.54) is 29.1 Å². The minimum Gasteiger partial charge on any atom is -0.388 e. The van der Waals surface area contributed by atoms with Crippen LogP contribution >= 0.6 is 0 Å². The molecule has 0 bridgehead atoms. The van der Waals surface area contributed by atoms with Crippen molar-refractivity contribution in [2.75, 3.05) is 13.1 Å². The van der Waals surface area contributed by atoms with Crippen molar-refractivity contribution in [2.45, 2.75) is 51.7 Å². The lowest BCUT2D eigenvalue weighted by Gasteiger charge is -2.43. The first-order valence-electron chi connectivity index (χ1n) is 12.1. The molecule has 11 nitrogen and oxygen atoms in total. The van der Waals surface area contributed by atoms with E-state index in [0.717, 1.165) is 21.4 Å². The predicted molar refractivity (Wildman–Crippen MR) is 135 cm³/mol. The predicted octanol–water partition coefficient (Wildman–Crippen LogP) is 1.08. The van der Waals surface area contributed by atoms with E-state index in [1.807, 2.05) is 13.0 Å². The Bertz CT molecular complexity index is 1580. The van der Waals surface area contributed by atoms with Crippen molar-refractivity contribution < 1.29 is 9.90 Å². The minimum absolute atomic E-state index is 0.0481. The summed E-state index contributed by atoms with van der Waals surface area (Å²) in [5, 5.41) is 11.2. The molecule has 0 unspecified atom stereocenters. The number of nitrogens with zero attached hydrogens (tertiary/aromatic N) is 6. The number of amides is 1. The highest BCUT2D eigenvalue weighted by molar-refractivity contribution is 5.78. The van der Waals surface area contributed by atoms with Crippen LogP contribution in [0, 0.1) is 13.8 Å². The number of H-pyrrole nitrogens is 1. The van der Waals surface area contributed by atoms with Gasteiger partial charge in [-0.15, -0.1) is 0 Å². The van der Waals surface area contributed by atoms with E-state index in [2.05, 4.69) is 27.9 Å². The van der Waals surface area contributed by atoms with Gasteiger partial charge in [0.05, 0.1) is 29.0 Å². The topological polar surface area (TPSA) is 131 Å². The lowest BCUT2D eigenvalue weighted by molar-refractivity contribution is -0.137. The summed E-state index contributed by atoms with van der Waals surface area (Å²) in [6.45, 7) is 6.44. The smallest absolute Gasteiger partial charge is 0.332 e. The van der Waals surface area contributed by atoms with Crippen LogP contribution in [0.4, 0.5) is 0 Å². The Morgan fingerprint density at radius 3 is 2.67 bits per heavy atom. The van der Waals surface area contributed by atoms with Crippen molar-refractivity contribution in [1.29, 1.82) is 0 Å². The van der Waals surface area contributed by atoms with Crippen LogP contribution in [-0.4, -0.2) is 63.3 Å². The summed E-state index contributed by atoms with van der Waals surface area (Å²) >= 11 is 0. The van der Waals surface area contributed by atoms with E-state index in [0.29, 0.717) is 19.4 Å². The molecular formula is C25H31N7O4. The SMILES string of the molecule is Cc1cc2nc(CCC(=O)N3CC[C@](C)(O)[C@@H](n4cnc5c4c(=O)n(C)c(=O)n5C)C3)[nH]c2cc1C. The summed E-state index contributed by atoms with van der Waals surface area (Å²) in [6.07, 6.45) is 2.56. The number of carbonyl (C=O) groups excluding carboxylic acids is 1. The number of imidazole rings is 2. The lowest BCUT2D eigenvalue weighted by atomic mass is 9.88. The van der Waals surface area contributed by atoms with Crippen molar-refractivity contribution in [3.8, 4) is 0 Å². The van der Waals surface area contributed by atoms with Crippen LogP contribution in [0.1, 0.15) is 42.8 Å². The van der Waals surface area contributed by atoms with Crippen LogP contribution in [0.5, 0.6) is 0 Å². The minimum atomic E-state index is -1.17. The van der Waals surface area contributed by atoms with E-state index in [-0.39, 0.29) is 30.0 Å². The quantitative estimate of drug-likeness (QED) is 0.438. The third-order valence-electron chi connectivity index (χ3n) is 7.58. The molecule has 1 aromatic carbocycles. The Morgan fingerprint density at radius 1 is 1.19 bits per heavy atom. The van der Waals surface area contributed by atoms with Crippen LogP contribution in [0.15, 0.2) is 28.0 Å². The monoisotopic (exact) mass is 493 g/mol. The van der Waals surface area contributed by atoms with Gasteiger partial charge in [0.15, 0.2) is 11.2 Å². The Hall–Kier alpha value is -3.73. The van der Waals surface area contributed by atoms with E-state index >= 15 is 0 Å². The van der Waals surface area contributed by atoms with Crippen LogP contribution in [0.2, 0.25) is 0 Å². The molecule has 11 heteroatoms. The van der Waals surface area contributed by atoms with Crippen molar-refractivity contribution in [3.63, 3.8) is 0 Å². The van der Waals surface area contributed by atoms with E-state index in [9.17, 15) is 19.5 Å². The summed E-state index contributed by atoms with van der Waals surface area (Å²) in [5.74, 6) is 0.710. The molecule has 0 saturated carbocycles. The van der Waals surface area contributed by atoms with Crippen LogP contribution in [0.25, 0.3) is 22.2 Å². The van der Waals surface area contributed by atoms with Gasteiger partial charge in [0.25, 0.3) is 5.56 Å². The van der Waals surface area contributed by atoms with Gasteiger partial charge in [0, 0.05) is 40.0 Å². The third-order valence-corrected chi connectivity index (χ3v) is 7.58. The molecule has 4 heterocycles. The summed E-state index contributed by atoms with van der Waals surface area (Å²) in [5.41, 5.74) is 2.55. The van der Waals surface area contributed by atoms with Crippen molar-refractivity contribution in [1.82, 2.24) is 33.6 Å². The Kier molecular flexibility index (Phi) is 5.62. The van der Waals surface area contributed by atoms with Gasteiger partial charge in [0.2, 0.25) is 5.91 Å². The molecule has 5 rings (SSSR count). The van der Waals surface area contributed by atoms with Gasteiger partial charge in [-0.05, 0) is 50.5 Å². The normalized spacial score (nSPS) is 20.5. The number of aromatic amines is 1. The van der Waals surface area contributed by atoms with E-state index in [1.54, 1.807) is 23.4 Å². The largest absolute Gasteiger partial charge is 0.388 e. The molecule has 0 aliphatic carbocycles. The molecule has 1 aliphatic heterocycles. The van der Waals surface area contributed by atoms with Gasteiger partial charge in [-0.25, -0.2) is 14.8 Å². The van der Waals surface area contributed by atoms with Gasteiger partial charge in [-0.1, -0.05) is 0 Å². The molecule has 3 aromatic heterocycles. The second-order valence-electron chi connectivity index (χ2n) is 10.1. The standard InChI is InChI=1S/C25H31N7O4/c1-14-10-16-17(11-15(14)2)28-19(27-16)6-7-20(33)31-9-8-25(3,36)18(12-31)32-13-26-22-21(32)23(34)30(5)24(35)29(22)4/h10-11,13,18,36H,6-9,12H2,1-5H3,(H,27,28)/t18-,25-/m0/s1. The summed E-state index contributed by atoms with van der Waals surface area (Å²) in [6, 6.07) is 3.51. The molecule has 0 spiro atoms. The number of aromatic nitrogens is 6. The number of nitrogens with one attached hydrogen (secondary N) is 1. The number of rotatable bonds is 4. The first-order valence-corrected chi connectivity index (χ1v) is 12.1. The second kappa shape index (κ2) is 8.44. The van der Waals surface area contributed by atoms with E-state index in [4.69, 9.17) is 0 Å². The van der Waals surface area contributed by atoms with Gasteiger partial charge in [-0.2, -0.15) is 0 Å². The fourth-order valence-corrected chi connectivity index (χ4v) is 5.06. The van der Waals surface area contributed by atoms with Gasteiger partial charge in [0.1, 0.15) is 5.82 Å². The molecule has 1 aliphatic rings. The second-order valence-corrected chi connectivity index (χ2v) is 10.1. The number of hydrogen-bond acceptors (Lipinski definition) is 6. The summed E-state index contributed by atoms with van der Waals surface area (Å²) in [7, 11) is 2.97. The first kappa shape index (κ1) is 24.0. The summed E-state index contributed by atoms with van der Waals surface area (Å²) < 4.78 is 3.95. The van der Waals surface area contributed by atoms with Crippen molar-refractivity contribution >= 4 is 28.1 Å². The Labute approximate surface area is 207 Å². The average molecular weight is 494 g/mol. The molecular weight excluding hydrogens is 462 g/mol. The zero-order valence-corrected chi connectivity index (χ0v) is 21.2. The average Bonchev–Trinajstić information content (AvgIpc) is 3.44. The number of aryl methyl sites for hydroxylation is 4. The number of hydrogen-bond donors (Lipinski definition) is 2. The van der Waals surface area contributed by atoms with Crippen molar-refractivity contribution in [2.24, 2.45) is 14.1 Å². The highest BCUT2D eigenvalue weighted by Gasteiger charge is 2.41. The number of piperidine rings is 1. The number of carbonyl (C=O) groups is 1. The molecule has 36 heavy (non-hydrogen) atoms. The molecule has 1 saturated heterocycles. The maximum Gasteiger partial charge on any atom is 0.332 e. The zero-order chi connectivity index (χ0) is 25.9. The van der Waals surface area contributed by atoms with Gasteiger partial charge < -0.3 is 19.6 Å². The number of benzene rings is 1. The molecule has 0 radical (unpaired) electrons. The van der Waals surface area contributed by atoms with Gasteiger partial charge in [-0.3, -0.25) is 18.7 Å². The first-order chi connectivity index (χ1) is 17.0. The zero-order valence-electron chi connectivity index (χ0n) is 21.2. The molecule has 190 valence electrons. The molecule has 1 amide bonds. The fourth-order valence-electron chi connectivity index (χ4n) is 5.06. The highest BCUT2D eigenvalue weighted by atomic mass is 16.3. The molecule has 4 aromatic rings. The number of likely N-dealkylation sites (tertiary alicyclic amines) is 1. The Morgan fingerprint density at radius 2 is 1.92 bits per heavy atom. The van der Waals surface area contributed by atoms with Crippen LogP contribution < -0.4 is 11.2 Å². The lowest BCUT2D eigenvalue weighted by Crippen LogP contribution is -2.53. The van der Waals surface area contributed by atoms with Crippen LogP contribution in [0.3, 0.4) is 0 Å². The molecule has 2 N–H and O–H groups in total. The van der Waals surface area contributed by atoms with Crippen LogP contribution in [-0.2, 0) is 25.3 Å². The molecule has 1 fully saturated rings. The van der Waals surface area contributed by atoms with Crippen molar-refractivity contribution in [3.05, 3.63) is 56.2 Å². The Balaban J connectivity index is 1.38. The maximum atomic E-state index is 13.2. The van der Waals surface area contributed by atoms with E-state index < -0.39 is 22.9 Å². The molecule has 2 atom stereocenters. The summed E-state index contributed by atoms with van der Waals surface area (Å²) in [4.78, 5) is 52.4. The third kappa shape index (κ3) is 3.83.